The maximum Gasteiger partial charge on any atom is 0.387 e. The van der Waals surface area contributed by atoms with Crippen molar-refractivity contribution in [3.63, 3.8) is 0 Å². The van der Waals surface area contributed by atoms with E-state index < -0.39 is 17.6 Å². The number of ether oxygens (including phenoxy) is 1. The Kier molecular flexibility index (Phi) is 5.36. The summed E-state index contributed by atoms with van der Waals surface area (Å²) < 4.78 is 30.0. The van der Waals surface area contributed by atoms with Gasteiger partial charge in [-0.15, -0.1) is 0 Å². The Morgan fingerprint density at radius 3 is 2.41 bits per heavy atom. The van der Waals surface area contributed by atoms with Gasteiger partial charge in [-0.25, -0.2) is 9.67 Å². The number of hydrogen-bond donors (Lipinski definition) is 1. The van der Waals surface area contributed by atoms with Gasteiger partial charge in [-0.3, -0.25) is 10.1 Å². The van der Waals surface area contributed by atoms with Crippen LogP contribution in [0.3, 0.4) is 0 Å². The van der Waals surface area contributed by atoms with E-state index in [4.69, 9.17) is 0 Å². The summed E-state index contributed by atoms with van der Waals surface area (Å²) >= 11 is 0. The van der Waals surface area contributed by atoms with Crippen LogP contribution in [0.5, 0.6) is 5.75 Å². The van der Waals surface area contributed by atoms with Crippen LogP contribution in [0.2, 0.25) is 0 Å². The van der Waals surface area contributed by atoms with E-state index in [0.717, 1.165) is 0 Å². The molecule has 1 heterocycles. The van der Waals surface area contributed by atoms with Crippen molar-refractivity contribution < 1.29 is 23.5 Å². The summed E-state index contributed by atoms with van der Waals surface area (Å²) in [5.74, 6) is 0.361. The monoisotopic (exact) mass is 376 g/mol. The molecule has 0 bridgehead atoms. The molecular formula is C17H14F2N4O4. The quantitative estimate of drug-likeness (QED) is 0.502. The van der Waals surface area contributed by atoms with Gasteiger partial charge in [0.25, 0.3) is 5.69 Å². The normalized spacial score (nSPS) is 12.1. The van der Waals surface area contributed by atoms with Crippen LogP contribution < -0.4 is 4.74 Å². The van der Waals surface area contributed by atoms with E-state index in [1.165, 1.54) is 59.5 Å². The van der Waals surface area contributed by atoms with Crippen LogP contribution in [-0.4, -0.2) is 31.4 Å². The molecule has 3 aromatic rings. The van der Waals surface area contributed by atoms with Crippen molar-refractivity contribution in [3.8, 4) is 17.1 Å². The Balaban J connectivity index is 1.67. The fourth-order valence-electron chi connectivity index (χ4n) is 2.40. The number of aromatic nitrogens is 3. The SMILES string of the molecule is O=[N+]([O-])c1ccc(-c2ncn(C[C@H](O)c3ccc(OC(F)F)cc3)n2)cc1. The summed E-state index contributed by atoms with van der Waals surface area (Å²) in [4.78, 5) is 14.3. The maximum absolute atomic E-state index is 12.1. The number of benzene rings is 2. The zero-order valence-corrected chi connectivity index (χ0v) is 13.8. The number of alkyl halides is 2. The molecule has 0 saturated heterocycles. The first-order valence-corrected chi connectivity index (χ1v) is 7.79. The lowest BCUT2D eigenvalue weighted by molar-refractivity contribution is -0.384. The molecule has 0 aliphatic rings. The molecule has 0 unspecified atom stereocenters. The Morgan fingerprint density at radius 1 is 1.15 bits per heavy atom. The Labute approximate surface area is 151 Å². The van der Waals surface area contributed by atoms with Gasteiger partial charge in [-0.2, -0.15) is 13.9 Å². The molecular weight excluding hydrogens is 362 g/mol. The van der Waals surface area contributed by atoms with E-state index in [2.05, 4.69) is 14.8 Å². The lowest BCUT2D eigenvalue weighted by Gasteiger charge is -2.11. The van der Waals surface area contributed by atoms with E-state index in [0.29, 0.717) is 17.0 Å². The molecule has 3 rings (SSSR count). The largest absolute Gasteiger partial charge is 0.435 e. The summed E-state index contributed by atoms with van der Waals surface area (Å²) in [6, 6.07) is 11.4. The predicted octanol–water partition coefficient (Wildman–Crippen LogP) is 3.19. The maximum atomic E-state index is 12.1. The lowest BCUT2D eigenvalue weighted by atomic mass is 10.1. The Hall–Kier alpha value is -3.40. The molecule has 0 aliphatic heterocycles. The van der Waals surface area contributed by atoms with Gasteiger partial charge >= 0.3 is 6.61 Å². The van der Waals surface area contributed by atoms with Crippen molar-refractivity contribution in [1.82, 2.24) is 14.8 Å². The number of hydrogen-bond acceptors (Lipinski definition) is 6. The molecule has 0 spiro atoms. The van der Waals surface area contributed by atoms with Gasteiger partial charge in [0.2, 0.25) is 0 Å². The van der Waals surface area contributed by atoms with Crippen LogP contribution in [0.1, 0.15) is 11.7 Å². The van der Waals surface area contributed by atoms with Gasteiger partial charge in [0, 0.05) is 17.7 Å². The minimum Gasteiger partial charge on any atom is -0.435 e. The molecule has 8 nitrogen and oxygen atoms in total. The number of halogens is 2. The number of aliphatic hydroxyl groups excluding tert-OH is 1. The van der Waals surface area contributed by atoms with Gasteiger partial charge in [0.05, 0.1) is 17.6 Å². The minimum absolute atomic E-state index is 0.00200. The molecule has 0 saturated carbocycles. The Morgan fingerprint density at radius 2 is 1.81 bits per heavy atom. The second-order valence-electron chi connectivity index (χ2n) is 5.56. The van der Waals surface area contributed by atoms with Crippen LogP contribution in [0.25, 0.3) is 11.4 Å². The highest BCUT2D eigenvalue weighted by Gasteiger charge is 2.13. The summed E-state index contributed by atoms with van der Waals surface area (Å²) in [7, 11) is 0. The van der Waals surface area contributed by atoms with E-state index >= 15 is 0 Å². The molecule has 140 valence electrons. The number of nitrogens with zero attached hydrogens (tertiary/aromatic N) is 4. The smallest absolute Gasteiger partial charge is 0.387 e. The van der Waals surface area contributed by atoms with Gasteiger partial charge in [-0.05, 0) is 29.8 Å². The van der Waals surface area contributed by atoms with Crippen LogP contribution in [0.15, 0.2) is 54.9 Å². The molecule has 1 atom stereocenters. The summed E-state index contributed by atoms with van der Waals surface area (Å²) in [6.07, 6.45) is 0.492. The van der Waals surface area contributed by atoms with Crippen LogP contribution in [0.4, 0.5) is 14.5 Å². The van der Waals surface area contributed by atoms with E-state index in [1.54, 1.807) is 0 Å². The average molecular weight is 376 g/mol. The standard InChI is InChI=1S/C17H14F2N4O4/c18-17(19)27-14-7-3-11(4-8-14)15(24)9-22-10-20-16(21-22)12-1-5-13(6-2-12)23(25)26/h1-8,10,15,17,24H,9H2/t15-/m0/s1. The van der Waals surface area contributed by atoms with Crippen LogP contribution in [0, 0.1) is 10.1 Å². The van der Waals surface area contributed by atoms with Crippen molar-refractivity contribution in [3.05, 3.63) is 70.5 Å². The number of non-ortho nitro benzene ring substituents is 1. The fraction of sp³-hybridized carbons (Fsp3) is 0.176. The molecule has 0 aliphatic carbocycles. The third-order valence-corrected chi connectivity index (χ3v) is 3.72. The molecule has 2 aromatic carbocycles. The van der Waals surface area contributed by atoms with Gasteiger partial charge in [0.1, 0.15) is 12.1 Å². The minimum atomic E-state index is -2.91. The number of rotatable bonds is 7. The first-order valence-electron chi connectivity index (χ1n) is 7.79. The molecule has 10 heteroatoms. The van der Waals surface area contributed by atoms with Gasteiger partial charge < -0.3 is 9.84 Å². The summed E-state index contributed by atoms with van der Waals surface area (Å²) in [5.41, 5.74) is 1.07. The third-order valence-electron chi connectivity index (χ3n) is 3.72. The molecule has 0 fully saturated rings. The van der Waals surface area contributed by atoms with E-state index in [1.807, 2.05) is 0 Å². The number of nitro groups is 1. The fourth-order valence-corrected chi connectivity index (χ4v) is 2.40. The van der Waals surface area contributed by atoms with Crippen molar-refractivity contribution in [2.75, 3.05) is 0 Å². The summed E-state index contributed by atoms with van der Waals surface area (Å²) in [5, 5.41) is 25.2. The molecule has 1 aromatic heterocycles. The zero-order valence-electron chi connectivity index (χ0n) is 13.8. The number of nitro benzene ring substituents is 1. The topological polar surface area (TPSA) is 103 Å². The third kappa shape index (κ3) is 4.61. The van der Waals surface area contributed by atoms with Crippen molar-refractivity contribution >= 4 is 5.69 Å². The summed E-state index contributed by atoms with van der Waals surface area (Å²) in [6.45, 7) is -2.82. The first-order chi connectivity index (χ1) is 12.9. The average Bonchev–Trinajstić information content (AvgIpc) is 3.10. The zero-order chi connectivity index (χ0) is 19.4. The van der Waals surface area contributed by atoms with Crippen LogP contribution in [-0.2, 0) is 6.54 Å². The van der Waals surface area contributed by atoms with E-state index in [9.17, 15) is 24.0 Å². The second-order valence-corrected chi connectivity index (χ2v) is 5.56. The lowest BCUT2D eigenvalue weighted by Crippen LogP contribution is -2.09. The number of aliphatic hydroxyl groups is 1. The molecule has 0 radical (unpaired) electrons. The molecule has 0 amide bonds. The van der Waals surface area contributed by atoms with Crippen molar-refractivity contribution in [1.29, 1.82) is 0 Å². The highest BCUT2D eigenvalue weighted by molar-refractivity contribution is 5.56. The highest BCUT2D eigenvalue weighted by Crippen LogP contribution is 2.22. The van der Waals surface area contributed by atoms with E-state index in [-0.39, 0.29) is 18.0 Å². The highest BCUT2D eigenvalue weighted by atomic mass is 19.3. The van der Waals surface area contributed by atoms with Crippen molar-refractivity contribution in [2.24, 2.45) is 0 Å². The van der Waals surface area contributed by atoms with Crippen molar-refractivity contribution in [2.45, 2.75) is 19.3 Å². The van der Waals surface area contributed by atoms with Gasteiger partial charge in [-0.1, -0.05) is 12.1 Å². The molecule has 1 N–H and O–H groups in total. The first kappa shape index (κ1) is 18.4. The molecule has 27 heavy (non-hydrogen) atoms. The Bertz CT molecular complexity index is 913. The van der Waals surface area contributed by atoms with Crippen LogP contribution >= 0.6 is 0 Å². The second kappa shape index (κ2) is 7.87. The predicted molar refractivity (Wildman–Crippen MR) is 90.1 cm³/mol. The van der Waals surface area contributed by atoms with Gasteiger partial charge in [0.15, 0.2) is 5.82 Å².